The van der Waals surface area contributed by atoms with E-state index in [1.165, 1.54) is 49.2 Å². The third-order valence-electron chi connectivity index (χ3n) is 12.1. The smallest absolute Gasteiger partial charge is 0.252 e. The fourth-order valence-corrected chi connectivity index (χ4v) is 8.63. The summed E-state index contributed by atoms with van der Waals surface area (Å²) in [5.74, 6) is -0.00287. The molecule has 2 aliphatic rings. The molecular weight excluding hydrogens is 715 g/mol. The quantitative estimate of drug-likeness (QED) is 0.106. The molecule has 7 nitrogen and oxygen atoms in total. The van der Waals surface area contributed by atoms with E-state index < -0.39 is 0 Å². The van der Waals surface area contributed by atoms with Crippen LogP contribution in [0.15, 0.2) is 122 Å². The first-order chi connectivity index (χ1) is 28.2. The van der Waals surface area contributed by atoms with Crippen LogP contribution in [0.25, 0.3) is 43.4 Å². The SMILES string of the molecule is CC.Cc1cc2c(C)c[nH]c2cc1C(=O)NC1(c2cccc3ccccc23)CC1.Cc1cc2c(CCN)c[nH]c2cc1C(=O)NC1(c2cccc3ccccc23)CC1. The molecule has 8 aromatic rings. The molecule has 294 valence electrons. The van der Waals surface area contributed by atoms with Crippen molar-refractivity contribution < 1.29 is 9.59 Å². The molecule has 0 bridgehead atoms. The van der Waals surface area contributed by atoms with Crippen LogP contribution in [0.5, 0.6) is 0 Å². The van der Waals surface area contributed by atoms with Gasteiger partial charge in [-0.3, -0.25) is 9.59 Å². The monoisotopic (exact) mass is 767 g/mol. The van der Waals surface area contributed by atoms with Gasteiger partial charge in [0.2, 0.25) is 0 Å². The van der Waals surface area contributed by atoms with Crippen LogP contribution in [-0.2, 0) is 17.5 Å². The number of carbonyl (C=O) groups excluding carboxylic acids is 2. The lowest BCUT2D eigenvalue weighted by Crippen LogP contribution is -2.35. The maximum Gasteiger partial charge on any atom is 0.252 e. The minimum Gasteiger partial charge on any atom is -0.361 e. The van der Waals surface area contributed by atoms with Crippen LogP contribution in [0.3, 0.4) is 0 Å². The summed E-state index contributed by atoms with van der Waals surface area (Å²) in [4.78, 5) is 33.0. The summed E-state index contributed by atoms with van der Waals surface area (Å²) >= 11 is 0. The van der Waals surface area contributed by atoms with E-state index in [1.807, 2.05) is 52.2 Å². The maximum absolute atomic E-state index is 13.3. The molecule has 0 atom stereocenters. The van der Waals surface area contributed by atoms with Gasteiger partial charge < -0.3 is 26.3 Å². The number of amides is 2. The number of nitrogens with one attached hydrogen (secondary N) is 4. The zero-order valence-electron chi connectivity index (χ0n) is 34.2. The Balaban J connectivity index is 0.000000156. The van der Waals surface area contributed by atoms with Gasteiger partial charge in [0.25, 0.3) is 11.8 Å². The predicted molar refractivity (Wildman–Crippen MR) is 240 cm³/mol. The third-order valence-corrected chi connectivity index (χ3v) is 12.1. The van der Waals surface area contributed by atoms with E-state index in [2.05, 4.69) is 125 Å². The lowest BCUT2D eigenvalue weighted by molar-refractivity contribution is 0.0922. The van der Waals surface area contributed by atoms with Crippen LogP contribution in [0.1, 0.15) is 93.6 Å². The zero-order chi connectivity index (χ0) is 40.6. The normalized spacial score (nSPS) is 14.7. The van der Waals surface area contributed by atoms with E-state index >= 15 is 0 Å². The molecule has 6 N–H and O–H groups in total. The minimum absolute atomic E-state index is 0.00656. The summed E-state index contributed by atoms with van der Waals surface area (Å²) in [5, 5.41) is 13.9. The molecule has 58 heavy (non-hydrogen) atoms. The topological polar surface area (TPSA) is 116 Å². The predicted octanol–water partition coefficient (Wildman–Crippen LogP) is 10.9. The van der Waals surface area contributed by atoms with Crippen molar-refractivity contribution in [3.8, 4) is 0 Å². The summed E-state index contributed by atoms with van der Waals surface area (Å²) in [5.41, 5.74) is 15.5. The Morgan fingerprint density at radius 1 is 0.569 bits per heavy atom. The summed E-state index contributed by atoms with van der Waals surface area (Å²) in [6, 6.07) is 37.7. The first-order valence-electron chi connectivity index (χ1n) is 20.7. The second-order valence-electron chi connectivity index (χ2n) is 15.9. The summed E-state index contributed by atoms with van der Waals surface area (Å²) in [6.45, 7) is 10.7. The van der Waals surface area contributed by atoms with Gasteiger partial charge in [-0.05, 0) is 139 Å². The number of H-pyrrole nitrogens is 2. The Kier molecular flexibility index (Phi) is 10.4. The number of hydrogen-bond donors (Lipinski definition) is 5. The number of aryl methyl sites for hydroxylation is 3. The molecule has 0 aliphatic heterocycles. The Hall–Kier alpha value is -6.18. The van der Waals surface area contributed by atoms with Crippen molar-refractivity contribution in [3.05, 3.63) is 166 Å². The maximum atomic E-state index is 13.3. The number of aromatic nitrogens is 2. The van der Waals surface area contributed by atoms with Crippen LogP contribution in [0.2, 0.25) is 0 Å². The molecule has 0 spiro atoms. The van der Waals surface area contributed by atoms with Crippen molar-refractivity contribution in [2.75, 3.05) is 6.54 Å². The van der Waals surface area contributed by atoms with Gasteiger partial charge in [-0.15, -0.1) is 0 Å². The minimum atomic E-state index is -0.264. The molecule has 2 aromatic heterocycles. The summed E-state index contributed by atoms with van der Waals surface area (Å²) in [7, 11) is 0. The first-order valence-corrected chi connectivity index (χ1v) is 20.7. The molecule has 2 fully saturated rings. The molecule has 6 aromatic carbocycles. The Morgan fingerprint density at radius 3 is 1.52 bits per heavy atom. The van der Waals surface area contributed by atoms with Gasteiger partial charge in [-0.1, -0.05) is 98.8 Å². The highest BCUT2D eigenvalue weighted by molar-refractivity contribution is 6.02. The van der Waals surface area contributed by atoms with Crippen molar-refractivity contribution in [3.63, 3.8) is 0 Å². The number of rotatable bonds is 8. The van der Waals surface area contributed by atoms with Crippen LogP contribution < -0.4 is 16.4 Å². The van der Waals surface area contributed by atoms with Gasteiger partial charge in [0.05, 0.1) is 11.1 Å². The number of aromatic amines is 2. The summed E-state index contributed by atoms with van der Waals surface area (Å²) in [6.07, 6.45) is 8.72. The highest BCUT2D eigenvalue weighted by Crippen LogP contribution is 2.49. The third kappa shape index (κ3) is 7.16. The summed E-state index contributed by atoms with van der Waals surface area (Å²) < 4.78 is 0. The van der Waals surface area contributed by atoms with Gasteiger partial charge in [-0.25, -0.2) is 0 Å². The Labute approximate surface area is 340 Å². The molecule has 7 heteroatoms. The standard InChI is InChI=1S/C25H25N3O.C24H22N2O.C2H6/c1-16-13-21-18(9-12-26)15-27-23(21)14-20(16)24(29)28-25(10-11-25)22-8-4-6-17-5-2-3-7-19(17)22;1-15-12-19-16(2)14-25-22(19)13-20(15)23(27)26-24(10-11-24)21-9-5-7-17-6-3-4-8-18(17)21;1-2/h2-8,13-15,27H,9-12,26H2,1H3,(H,28,29);3-9,12-14,25H,10-11H2,1-2H3,(H,26,27);1-2H3. The average molecular weight is 768 g/mol. The van der Waals surface area contributed by atoms with Crippen molar-refractivity contribution in [1.29, 1.82) is 0 Å². The van der Waals surface area contributed by atoms with E-state index in [9.17, 15) is 9.59 Å². The average Bonchev–Trinajstić information content (AvgIpc) is 4.15. The number of hydrogen-bond acceptors (Lipinski definition) is 3. The number of benzene rings is 6. The largest absolute Gasteiger partial charge is 0.361 e. The van der Waals surface area contributed by atoms with Gasteiger partial charge >= 0.3 is 0 Å². The highest BCUT2D eigenvalue weighted by atomic mass is 16.2. The molecule has 0 saturated heterocycles. The van der Waals surface area contributed by atoms with E-state index in [0.717, 1.165) is 70.8 Å². The number of carbonyl (C=O) groups is 2. The zero-order valence-corrected chi connectivity index (χ0v) is 34.2. The molecular formula is C51H53N5O2. The molecule has 0 radical (unpaired) electrons. The fraction of sp³-hybridized carbons (Fsp3) is 0.255. The first kappa shape index (κ1) is 38.7. The molecule has 2 aliphatic carbocycles. The van der Waals surface area contributed by atoms with Crippen LogP contribution in [0, 0.1) is 20.8 Å². The van der Waals surface area contributed by atoms with Crippen molar-refractivity contribution in [2.24, 2.45) is 5.73 Å². The van der Waals surface area contributed by atoms with Crippen LogP contribution in [0.4, 0.5) is 0 Å². The van der Waals surface area contributed by atoms with Crippen molar-refractivity contribution >= 4 is 55.2 Å². The lowest BCUT2D eigenvalue weighted by atomic mass is 9.96. The van der Waals surface area contributed by atoms with E-state index in [4.69, 9.17) is 5.73 Å². The molecule has 10 rings (SSSR count). The van der Waals surface area contributed by atoms with E-state index in [0.29, 0.717) is 6.54 Å². The van der Waals surface area contributed by atoms with Gasteiger partial charge in [0, 0.05) is 45.3 Å². The fourth-order valence-electron chi connectivity index (χ4n) is 8.63. The molecule has 2 heterocycles. The van der Waals surface area contributed by atoms with Crippen molar-refractivity contribution in [1.82, 2.24) is 20.6 Å². The molecule has 2 amide bonds. The highest BCUT2D eigenvalue weighted by Gasteiger charge is 2.47. The van der Waals surface area contributed by atoms with E-state index in [-0.39, 0.29) is 22.9 Å². The second-order valence-corrected chi connectivity index (χ2v) is 15.9. The Bertz CT molecular complexity index is 2810. The van der Waals surface area contributed by atoms with Gasteiger partial charge in [0.15, 0.2) is 0 Å². The molecule has 0 unspecified atom stereocenters. The van der Waals surface area contributed by atoms with Crippen LogP contribution >= 0.6 is 0 Å². The van der Waals surface area contributed by atoms with Gasteiger partial charge in [0.1, 0.15) is 0 Å². The number of fused-ring (bicyclic) bond motifs is 4. The second kappa shape index (κ2) is 15.6. The van der Waals surface area contributed by atoms with Crippen LogP contribution in [-0.4, -0.2) is 28.3 Å². The molecule has 2 saturated carbocycles. The lowest BCUT2D eigenvalue weighted by Gasteiger charge is -2.21. The van der Waals surface area contributed by atoms with E-state index in [1.54, 1.807) is 0 Å². The number of nitrogens with two attached hydrogens (primary N) is 1. The van der Waals surface area contributed by atoms with Gasteiger partial charge in [-0.2, -0.15) is 0 Å². The van der Waals surface area contributed by atoms with Crippen molar-refractivity contribution in [2.45, 2.75) is 77.8 Å². The Morgan fingerprint density at radius 2 is 1.02 bits per heavy atom.